The summed E-state index contributed by atoms with van der Waals surface area (Å²) < 4.78 is 5.04. The van der Waals surface area contributed by atoms with Crippen LogP contribution in [0, 0.1) is 5.92 Å². The topological polar surface area (TPSA) is 89.6 Å². The number of rotatable bonds is 5. The number of nitrogens with two attached hydrogens (primary N) is 1. The van der Waals surface area contributed by atoms with Gasteiger partial charge in [0.25, 0.3) is 0 Å². The molecule has 0 spiro atoms. The highest BCUT2D eigenvalue weighted by Gasteiger charge is 2.49. The van der Waals surface area contributed by atoms with Crippen molar-refractivity contribution in [3.63, 3.8) is 0 Å². The van der Waals surface area contributed by atoms with Gasteiger partial charge in [-0.05, 0) is 12.8 Å². The van der Waals surface area contributed by atoms with Crippen molar-refractivity contribution in [3.8, 4) is 0 Å². The van der Waals surface area contributed by atoms with Gasteiger partial charge in [-0.2, -0.15) is 0 Å². The number of ether oxygens (including phenoxy) is 1. The van der Waals surface area contributed by atoms with Crippen molar-refractivity contribution in [2.75, 3.05) is 13.2 Å². The van der Waals surface area contributed by atoms with Gasteiger partial charge in [0.05, 0.1) is 5.92 Å². The van der Waals surface area contributed by atoms with Crippen molar-refractivity contribution in [3.05, 3.63) is 35.9 Å². The van der Waals surface area contributed by atoms with Crippen LogP contribution in [0.4, 0.5) is 0 Å². The molecule has 1 aromatic rings. The van der Waals surface area contributed by atoms with E-state index in [0.29, 0.717) is 12.0 Å². The monoisotopic (exact) mass is 291 g/mol. The van der Waals surface area contributed by atoms with Gasteiger partial charge in [0.2, 0.25) is 0 Å². The fraction of sp³-hybridized carbons (Fsp3) is 0.500. The summed E-state index contributed by atoms with van der Waals surface area (Å²) in [6.07, 6.45) is 2.25. The molecule has 0 radical (unpaired) electrons. The molecule has 0 aliphatic heterocycles. The lowest BCUT2D eigenvalue weighted by Crippen LogP contribution is -2.51. The number of Topliss-reactive ketones (excluding diaryl/α,β-unsaturated/α-hetero) is 1. The van der Waals surface area contributed by atoms with E-state index in [9.17, 15) is 14.7 Å². The molecular formula is C16H21NO4. The van der Waals surface area contributed by atoms with Gasteiger partial charge in [0.15, 0.2) is 5.78 Å². The molecule has 1 saturated carbocycles. The molecule has 2 atom stereocenters. The van der Waals surface area contributed by atoms with Crippen LogP contribution in [0.5, 0.6) is 0 Å². The van der Waals surface area contributed by atoms with Crippen LogP contribution in [-0.4, -0.2) is 35.6 Å². The minimum absolute atomic E-state index is 0.102. The molecule has 114 valence electrons. The van der Waals surface area contributed by atoms with Crippen LogP contribution in [-0.2, 0) is 9.53 Å². The summed E-state index contributed by atoms with van der Waals surface area (Å²) >= 11 is 0. The van der Waals surface area contributed by atoms with E-state index in [0.717, 1.165) is 12.8 Å². The lowest BCUT2D eigenvalue weighted by atomic mass is 9.71. The van der Waals surface area contributed by atoms with Crippen LogP contribution in [0.2, 0.25) is 0 Å². The number of carbonyl (C=O) groups excluding carboxylic acids is 2. The van der Waals surface area contributed by atoms with E-state index in [1.54, 1.807) is 30.3 Å². The Morgan fingerprint density at radius 3 is 2.67 bits per heavy atom. The fourth-order valence-corrected chi connectivity index (χ4v) is 2.84. The Morgan fingerprint density at radius 2 is 2.00 bits per heavy atom. The summed E-state index contributed by atoms with van der Waals surface area (Å²) in [4.78, 5) is 24.7. The zero-order valence-corrected chi connectivity index (χ0v) is 12.0. The maximum absolute atomic E-state index is 12.6. The maximum atomic E-state index is 12.6. The average molecular weight is 291 g/mol. The van der Waals surface area contributed by atoms with Crippen LogP contribution in [0.15, 0.2) is 30.3 Å². The molecule has 0 saturated heterocycles. The first-order valence-corrected chi connectivity index (χ1v) is 7.28. The van der Waals surface area contributed by atoms with Gasteiger partial charge in [-0.3, -0.25) is 9.59 Å². The lowest BCUT2D eigenvalue weighted by Gasteiger charge is -2.37. The van der Waals surface area contributed by atoms with E-state index in [4.69, 9.17) is 10.5 Å². The zero-order chi connectivity index (χ0) is 15.3. The summed E-state index contributed by atoms with van der Waals surface area (Å²) in [6, 6.07) is 8.57. The van der Waals surface area contributed by atoms with Gasteiger partial charge in [-0.15, -0.1) is 0 Å². The van der Waals surface area contributed by atoms with Crippen LogP contribution < -0.4 is 5.73 Å². The number of benzene rings is 1. The molecular weight excluding hydrogens is 270 g/mol. The van der Waals surface area contributed by atoms with E-state index >= 15 is 0 Å². The Morgan fingerprint density at radius 1 is 1.29 bits per heavy atom. The molecule has 2 unspecified atom stereocenters. The van der Waals surface area contributed by atoms with Gasteiger partial charge in [0, 0.05) is 12.1 Å². The van der Waals surface area contributed by atoms with Crippen molar-refractivity contribution in [2.24, 2.45) is 11.7 Å². The quantitative estimate of drug-likeness (QED) is 0.630. The average Bonchev–Trinajstić information content (AvgIpc) is 2.53. The number of hydrogen-bond donors (Lipinski definition) is 2. The molecule has 5 heteroatoms. The van der Waals surface area contributed by atoms with Crippen molar-refractivity contribution in [2.45, 2.75) is 31.3 Å². The molecule has 1 aliphatic carbocycles. The first kappa shape index (κ1) is 15.7. The highest BCUT2D eigenvalue weighted by atomic mass is 16.5. The molecule has 0 aromatic heterocycles. The molecule has 1 aromatic carbocycles. The minimum atomic E-state index is -1.68. The maximum Gasteiger partial charge on any atom is 0.312 e. The number of aliphatic hydroxyl groups is 1. The van der Waals surface area contributed by atoms with Gasteiger partial charge in [-0.1, -0.05) is 43.2 Å². The smallest absolute Gasteiger partial charge is 0.312 e. The Labute approximate surface area is 124 Å². The third kappa shape index (κ3) is 3.31. The van der Waals surface area contributed by atoms with Crippen LogP contribution in [0.3, 0.4) is 0 Å². The second kappa shape index (κ2) is 6.83. The molecule has 0 bridgehead atoms. The second-order valence-electron chi connectivity index (χ2n) is 5.37. The number of esters is 1. The molecule has 1 aliphatic rings. The summed E-state index contributed by atoms with van der Waals surface area (Å²) in [5.41, 5.74) is 4.06. The van der Waals surface area contributed by atoms with Crippen molar-refractivity contribution < 1.29 is 19.4 Å². The zero-order valence-electron chi connectivity index (χ0n) is 12.0. The molecule has 0 heterocycles. The summed E-state index contributed by atoms with van der Waals surface area (Å²) in [5.74, 6) is -1.75. The van der Waals surface area contributed by atoms with E-state index in [2.05, 4.69) is 0 Å². The molecule has 21 heavy (non-hydrogen) atoms. The number of hydrogen-bond acceptors (Lipinski definition) is 5. The van der Waals surface area contributed by atoms with Gasteiger partial charge < -0.3 is 15.6 Å². The second-order valence-corrected chi connectivity index (χ2v) is 5.37. The highest BCUT2D eigenvalue weighted by molar-refractivity contribution is 6.04. The first-order valence-electron chi connectivity index (χ1n) is 7.28. The molecule has 3 N–H and O–H groups in total. The van der Waals surface area contributed by atoms with Gasteiger partial charge in [-0.25, -0.2) is 0 Å². The van der Waals surface area contributed by atoms with Crippen LogP contribution >= 0.6 is 0 Å². The number of ketones is 1. The summed E-state index contributed by atoms with van der Waals surface area (Å²) in [5, 5.41) is 10.8. The predicted molar refractivity (Wildman–Crippen MR) is 77.7 cm³/mol. The molecule has 0 amide bonds. The summed E-state index contributed by atoms with van der Waals surface area (Å²) in [7, 11) is 0. The standard InChI is InChI=1S/C16H21NO4/c17-10-11-21-15(19)13-8-4-5-9-16(13,20)14(18)12-6-2-1-3-7-12/h1-3,6-7,13,20H,4-5,8-11,17H2. The SMILES string of the molecule is NCCOC(=O)C1CCCCC1(O)C(=O)c1ccccc1. The Kier molecular flexibility index (Phi) is 5.09. The lowest BCUT2D eigenvalue weighted by molar-refractivity contribution is -0.158. The fourth-order valence-electron chi connectivity index (χ4n) is 2.84. The minimum Gasteiger partial charge on any atom is -0.464 e. The van der Waals surface area contributed by atoms with E-state index < -0.39 is 23.3 Å². The largest absolute Gasteiger partial charge is 0.464 e. The number of carbonyl (C=O) groups is 2. The van der Waals surface area contributed by atoms with Gasteiger partial charge in [0.1, 0.15) is 12.2 Å². The Hall–Kier alpha value is -1.72. The first-order chi connectivity index (χ1) is 10.1. The predicted octanol–water partition coefficient (Wildman–Crippen LogP) is 1.29. The third-order valence-electron chi connectivity index (χ3n) is 3.95. The summed E-state index contributed by atoms with van der Waals surface area (Å²) in [6.45, 7) is 0.328. The van der Waals surface area contributed by atoms with E-state index in [1.807, 2.05) is 0 Å². The normalized spacial score (nSPS) is 25.3. The van der Waals surface area contributed by atoms with Crippen molar-refractivity contribution in [1.29, 1.82) is 0 Å². The third-order valence-corrected chi connectivity index (χ3v) is 3.95. The van der Waals surface area contributed by atoms with Gasteiger partial charge >= 0.3 is 5.97 Å². The molecule has 2 rings (SSSR count). The molecule has 1 fully saturated rings. The van der Waals surface area contributed by atoms with Crippen LogP contribution in [0.1, 0.15) is 36.0 Å². The van der Waals surface area contributed by atoms with E-state index in [-0.39, 0.29) is 19.6 Å². The van der Waals surface area contributed by atoms with Crippen molar-refractivity contribution >= 4 is 11.8 Å². The van der Waals surface area contributed by atoms with E-state index in [1.165, 1.54) is 0 Å². The Balaban J connectivity index is 2.23. The molecule has 5 nitrogen and oxygen atoms in total. The highest BCUT2D eigenvalue weighted by Crippen LogP contribution is 2.37. The Bertz CT molecular complexity index is 502. The van der Waals surface area contributed by atoms with Crippen molar-refractivity contribution in [1.82, 2.24) is 0 Å². The van der Waals surface area contributed by atoms with Crippen LogP contribution in [0.25, 0.3) is 0 Å².